The lowest BCUT2D eigenvalue weighted by Gasteiger charge is -2.06. The molecule has 0 N–H and O–H groups in total. The molecule has 2 rings (SSSR count). The van der Waals surface area contributed by atoms with Gasteiger partial charge in [0.2, 0.25) is 5.88 Å². The first-order valence-electron chi connectivity index (χ1n) is 6.47. The Morgan fingerprint density at radius 1 is 1.06 bits per heavy atom. The van der Waals surface area contributed by atoms with Gasteiger partial charge in [-0.1, -0.05) is 31.5 Å². The second-order valence-electron chi connectivity index (χ2n) is 4.52. The van der Waals surface area contributed by atoms with E-state index in [0.29, 0.717) is 5.88 Å². The van der Waals surface area contributed by atoms with Gasteiger partial charge in [-0.25, -0.2) is 4.98 Å². The Hall–Kier alpha value is -1.83. The average molecular weight is 241 g/mol. The summed E-state index contributed by atoms with van der Waals surface area (Å²) in [5.74, 6) is 1.48. The van der Waals surface area contributed by atoms with Crippen LogP contribution in [0.25, 0.3) is 0 Å². The number of hydrogen-bond acceptors (Lipinski definition) is 2. The second kappa shape index (κ2) is 6.20. The van der Waals surface area contributed by atoms with E-state index in [2.05, 4.69) is 24.0 Å². The van der Waals surface area contributed by atoms with Crippen LogP contribution in [0.1, 0.15) is 30.9 Å². The van der Waals surface area contributed by atoms with Gasteiger partial charge in [0.05, 0.1) is 0 Å². The van der Waals surface area contributed by atoms with Crippen molar-refractivity contribution < 1.29 is 4.74 Å². The molecule has 0 aliphatic heterocycles. The molecule has 0 spiro atoms. The van der Waals surface area contributed by atoms with Crippen LogP contribution in [0, 0.1) is 6.92 Å². The van der Waals surface area contributed by atoms with Crippen molar-refractivity contribution in [1.29, 1.82) is 0 Å². The quantitative estimate of drug-likeness (QED) is 0.767. The van der Waals surface area contributed by atoms with Crippen LogP contribution in [0.5, 0.6) is 11.6 Å². The van der Waals surface area contributed by atoms with Gasteiger partial charge in [-0.2, -0.15) is 0 Å². The molecule has 94 valence electrons. The van der Waals surface area contributed by atoms with E-state index in [0.717, 1.165) is 17.7 Å². The van der Waals surface area contributed by atoms with E-state index >= 15 is 0 Å². The molecule has 1 aromatic heterocycles. The third-order valence-corrected chi connectivity index (χ3v) is 2.85. The van der Waals surface area contributed by atoms with Crippen LogP contribution in [0.2, 0.25) is 0 Å². The molecule has 0 aliphatic rings. The molecule has 0 saturated heterocycles. The van der Waals surface area contributed by atoms with Crippen LogP contribution < -0.4 is 4.74 Å². The van der Waals surface area contributed by atoms with Gasteiger partial charge in [0.15, 0.2) is 0 Å². The maximum atomic E-state index is 5.68. The third kappa shape index (κ3) is 3.59. The summed E-state index contributed by atoms with van der Waals surface area (Å²) in [5, 5.41) is 0. The molecule has 2 aromatic rings. The van der Waals surface area contributed by atoms with E-state index in [1.807, 2.05) is 37.4 Å². The van der Waals surface area contributed by atoms with E-state index in [1.54, 1.807) is 0 Å². The van der Waals surface area contributed by atoms with E-state index in [4.69, 9.17) is 4.74 Å². The number of ether oxygens (including phenoxy) is 1. The Balaban J connectivity index is 1.99. The molecular formula is C16H19NO. The van der Waals surface area contributed by atoms with Gasteiger partial charge >= 0.3 is 0 Å². The summed E-state index contributed by atoms with van der Waals surface area (Å²) < 4.78 is 5.68. The molecule has 0 saturated carbocycles. The minimum atomic E-state index is 0.641. The van der Waals surface area contributed by atoms with Gasteiger partial charge in [-0.3, -0.25) is 0 Å². The summed E-state index contributed by atoms with van der Waals surface area (Å²) in [6.45, 7) is 4.22. The predicted molar refractivity (Wildman–Crippen MR) is 74.1 cm³/mol. The third-order valence-electron chi connectivity index (χ3n) is 2.85. The molecule has 0 atom stereocenters. The van der Waals surface area contributed by atoms with Crippen LogP contribution in [0.4, 0.5) is 0 Å². The van der Waals surface area contributed by atoms with Crippen molar-refractivity contribution in [2.24, 2.45) is 0 Å². The highest BCUT2D eigenvalue weighted by Gasteiger charge is 1.99. The smallest absolute Gasteiger partial charge is 0.219 e. The topological polar surface area (TPSA) is 22.1 Å². The number of pyridine rings is 1. The van der Waals surface area contributed by atoms with Crippen LogP contribution in [-0.2, 0) is 6.42 Å². The second-order valence-corrected chi connectivity index (χ2v) is 4.52. The largest absolute Gasteiger partial charge is 0.439 e. The van der Waals surface area contributed by atoms with Gasteiger partial charge in [0, 0.05) is 12.3 Å². The minimum Gasteiger partial charge on any atom is -0.439 e. The summed E-state index contributed by atoms with van der Waals surface area (Å²) in [5.41, 5.74) is 2.50. The molecule has 0 aliphatic carbocycles. The van der Waals surface area contributed by atoms with Gasteiger partial charge < -0.3 is 4.74 Å². The first kappa shape index (κ1) is 12.6. The zero-order chi connectivity index (χ0) is 12.8. The molecule has 0 fully saturated rings. The van der Waals surface area contributed by atoms with Crippen LogP contribution in [0.15, 0.2) is 42.6 Å². The van der Waals surface area contributed by atoms with Crippen molar-refractivity contribution in [3.8, 4) is 11.6 Å². The maximum Gasteiger partial charge on any atom is 0.219 e. The Labute approximate surface area is 109 Å². The zero-order valence-electron chi connectivity index (χ0n) is 11.0. The monoisotopic (exact) mass is 241 g/mol. The minimum absolute atomic E-state index is 0.641. The predicted octanol–water partition coefficient (Wildman–Crippen LogP) is 4.52. The number of aryl methyl sites for hydroxylation is 2. The Bertz CT molecular complexity index is 473. The molecule has 1 heterocycles. The molecule has 2 nitrogen and oxygen atoms in total. The first-order chi connectivity index (χ1) is 8.78. The molecule has 0 radical (unpaired) electrons. The molecular weight excluding hydrogens is 222 g/mol. The van der Waals surface area contributed by atoms with Crippen molar-refractivity contribution in [2.45, 2.75) is 33.1 Å². The summed E-state index contributed by atoms with van der Waals surface area (Å²) in [6, 6.07) is 12.1. The van der Waals surface area contributed by atoms with Crippen LogP contribution in [0.3, 0.4) is 0 Å². The SMILES string of the molecule is CCCCc1ccc(Oc2ccc(C)cn2)cc1. The van der Waals surface area contributed by atoms with Gasteiger partial charge in [0.25, 0.3) is 0 Å². The Morgan fingerprint density at radius 2 is 1.83 bits per heavy atom. The molecule has 0 bridgehead atoms. The van der Waals surface area contributed by atoms with E-state index in [1.165, 1.54) is 18.4 Å². The lowest BCUT2D eigenvalue weighted by Crippen LogP contribution is -1.89. The van der Waals surface area contributed by atoms with Crippen molar-refractivity contribution in [2.75, 3.05) is 0 Å². The first-order valence-corrected chi connectivity index (χ1v) is 6.47. The van der Waals surface area contributed by atoms with Gasteiger partial charge in [-0.15, -0.1) is 0 Å². The Kier molecular flexibility index (Phi) is 4.35. The number of unbranched alkanes of at least 4 members (excludes halogenated alkanes) is 1. The fourth-order valence-electron chi connectivity index (χ4n) is 1.74. The lowest BCUT2D eigenvalue weighted by molar-refractivity contribution is 0.462. The maximum absolute atomic E-state index is 5.68. The van der Waals surface area contributed by atoms with Gasteiger partial charge in [0.1, 0.15) is 5.75 Å². The number of nitrogens with zero attached hydrogens (tertiary/aromatic N) is 1. The summed E-state index contributed by atoms with van der Waals surface area (Å²) >= 11 is 0. The molecule has 2 heteroatoms. The van der Waals surface area contributed by atoms with E-state index in [-0.39, 0.29) is 0 Å². The fourth-order valence-corrected chi connectivity index (χ4v) is 1.74. The molecule has 0 amide bonds. The molecule has 0 unspecified atom stereocenters. The van der Waals surface area contributed by atoms with Crippen molar-refractivity contribution in [1.82, 2.24) is 4.98 Å². The molecule has 18 heavy (non-hydrogen) atoms. The number of rotatable bonds is 5. The average Bonchev–Trinajstić information content (AvgIpc) is 2.41. The normalized spacial score (nSPS) is 10.3. The highest BCUT2D eigenvalue weighted by molar-refractivity contribution is 5.30. The lowest BCUT2D eigenvalue weighted by atomic mass is 10.1. The summed E-state index contributed by atoms with van der Waals surface area (Å²) in [6.07, 6.45) is 5.41. The highest BCUT2D eigenvalue weighted by atomic mass is 16.5. The Morgan fingerprint density at radius 3 is 2.44 bits per heavy atom. The number of benzene rings is 1. The van der Waals surface area contributed by atoms with Gasteiger partial charge in [-0.05, 0) is 43.0 Å². The van der Waals surface area contributed by atoms with Crippen molar-refractivity contribution in [3.63, 3.8) is 0 Å². The number of aromatic nitrogens is 1. The summed E-state index contributed by atoms with van der Waals surface area (Å²) in [4.78, 5) is 4.22. The fraction of sp³-hybridized carbons (Fsp3) is 0.312. The van der Waals surface area contributed by atoms with Crippen molar-refractivity contribution >= 4 is 0 Å². The molecule has 1 aromatic carbocycles. The zero-order valence-corrected chi connectivity index (χ0v) is 11.0. The number of hydrogen-bond donors (Lipinski definition) is 0. The standard InChI is InChI=1S/C16H19NO/c1-3-4-5-14-7-9-15(10-8-14)18-16-11-6-13(2)12-17-16/h6-12H,3-5H2,1-2H3. The highest BCUT2D eigenvalue weighted by Crippen LogP contribution is 2.20. The van der Waals surface area contributed by atoms with Crippen LogP contribution >= 0.6 is 0 Å². The van der Waals surface area contributed by atoms with Crippen LogP contribution in [-0.4, -0.2) is 4.98 Å². The van der Waals surface area contributed by atoms with E-state index < -0.39 is 0 Å². The summed E-state index contributed by atoms with van der Waals surface area (Å²) in [7, 11) is 0. The van der Waals surface area contributed by atoms with E-state index in [9.17, 15) is 0 Å². The van der Waals surface area contributed by atoms with Crippen molar-refractivity contribution in [3.05, 3.63) is 53.7 Å².